The number of fused-ring (bicyclic) bond motifs is 2. The monoisotopic (exact) mass is 222 g/mol. The molecule has 1 heterocycles. The van der Waals surface area contributed by atoms with Crippen LogP contribution in [0, 0.1) is 11.8 Å². The molecule has 1 nitrogen and oxygen atoms in total. The molecule has 1 aromatic heterocycles. The summed E-state index contributed by atoms with van der Waals surface area (Å²) < 4.78 is 0. The zero-order valence-corrected chi connectivity index (χ0v) is 9.80. The highest BCUT2D eigenvalue weighted by molar-refractivity contribution is 7.07. The van der Waals surface area contributed by atoms with E-state index in [1.165, 1.54) is 24.8 Å². The normalized spacial score (nSPS) is 38.7. The number of aliphatic hydroxyl groups is 1. The lowest BCUT2D eigenvalue weighted by Gasteiger charge is -2.32. The summed E-state index contributed by atoms with van der Waals surface area (Å²) in [6.07, 6.45) is 7.03. The molecule has 3 rings (SSSR count). The van der Waals surface area contributed by atoms with Gasteiger partial charge in [-0.15, -0.1) is 0 Å². The summed E-state index contributed by atoms with van der Waals surface area (Å²) in [5.74, 6) is 1.45. The van der Waals surface area contributed by atoms with Crippen molar-refractivity contribution in [1.82, 2.24) is 0 Å². The highest BCUT2D eigenvalue weighted by atomic mass is 32.1. The lowest BCUT2D eigenvalue weighted by Crippen LogP contribution is -2.35. The van der Waals surface area contributed by atoms with Gasteiger partial charge in [0.2, 0.25) is 0 Å². The molecule has 2 fully saturated rings. The van der Waals surface area contributed by atoms with Crippen molar-refractivity contribution in [2.75, 3.05) is 0 Å². The fraction of sp³-hybridized carbons (Fsp3) is 0.692. The van der Waals surface area contributed by atoms with Crippen LogP contribution in [0.25, 0.3) is 0 Å². The zero-order valence-electron chi connectivity index (χ0n) is 8.98. The van der Waals surface area contributed by atoms with Crippen LogP contribution in [0.2, 0.25) is 0 Å². The smallest absolute Gasteiger partial charge is 0.0681 e. The summed E-state index contributed by atoms with van der Waals surface area (Å²) in [5.41, 5.74) is 1.08. The fourth-order valence-electron chi connectivity index (χ4n) is 3.52. The van der Waals surface area contributed by atoms with Crippen molar-refractivity contribution in [3.63, 3.8) is 0 Å². The largest absolute Gasteiger partial charge is 0.390 e. The lowest BCUT2D eigenvalue weighted by atomic mass is 9.80. The molecule has 2 aliphatic carbocycles. The van der Waals surface area contributed by atoms with Crippen LogP contribution in [0.5, 0.6) is 0 Å². The van der Waals surface area contributed by atoms with Gasteiger partial charge in [0.05, 0.1) is 5.60 Å². The fourth-order valence-corrected chi connectivity index (χ4v) is 4.22. The summed E-state index contributed by atoms with van der Waals surface area (Å²) >= 11 is 1.75. The molecule has 2 heteroatoms. The first-order valence-electron chi connectivity index (χ1n) is 6.00. The molecule has 0 spiro atoms. The molecule has 1 N–H and O–H groups in total. The Kier molecular flexibility index (Phi) is 2.37. The Morgan fingerprint density at radius 1 is 1.47 bits per heavy atom. The first kappa shape index (κ1) is 9.86. The molecule has 0 aliphatic heterocycles. The van der Waals surface area contributed by atoms with E-state index < -0.39 is 0 Å². The maximum Gasteiger partial charge on any atom is 0.0681 e. The Hall–Kier alpha value is -0.340. The summed E-state index contributed by atoms with van der Waals surface area (Å²) in [5, 5.41) is 14.9. The number of hydrogen-bond acceptors (Lipinski definition) is 2. The summed E-state index contributed by atoms with van der Waals surface area (Å²) in [6, 6.07) is 2.18. The van der Waals surface area contributed by atoms with Crippen LogP contribution in [-0.2, 0) is 6.42 Å². The van der Waals surface area contributed by atoms with Gasteiger partial charge in [-0.1, -0.05) is 0 Å². The SMILES string of the molecule is OC1(CCc2ccsc2)CC2CCC1C2. The van der Waals surface area contributed by atoms with Crippen LogP contribution in [0.15, 0.2) is 16.8 Å². The van der Waals surface area contributed by atoms with Crippen molar-refractivity contribution in [2.45, 2.75) is 44.1 Å². The predicted molar refractivity (Wildman–Crippen MR) is 63.0 cm³/mol. The van der Waals surface area contributed by atoms with Gasteiger partial charge in [0.1, 0.15) is 0 Å². The Balaban J connectivity index is 1.63. The minimum absolute atomic E-state index is 0.315. The number of rotatable bonds is 3. The molecule has 0 radical (unpaired) electrons. The Morgan fingerprint density at radius 2 is 2.40 bits per heavy atom. The van der Waals surface area contributed by atoms with Gasteiger partial charge in [-0.3, -0.25) is 0 Å². The second-order valence-electron chi connectivity index (χ2n) is 5.32. The molecule has 1 aromatic rings. The molecule has 0 amide bonds. The Bertz CT molecular complexity index is 332. The summed E-state index contributed by atoms with van der Waals surface area (Å²) in [6.45, 7) is 0. The molecular weight excluding hydrogens is 204 g/mol. The quantitative estimate of drug-likeness (QED) is 0.832. The number of aryl methyl sites for hydroxylation is 1. The number of hydrogen-bond donors (Lipinski definition) is 1. The van der Waals surface area contributed by atoms with E-state index in [0.29, 0.717) is 5.92 Å². The summed E-state index contributed by atoms with van der Waals surface area (Å²) in [7, 11) is 0. The van der Waals surface area contributed by atoms with E-state index in [1.54, 1.807) is 11.3 Å². The lowest BCUT2D eigenvalue weighted by molar-refractivity contribution is -0.0201. The average molecular weight is 222 g/mol. The third-order valence-corrected chi connectivity index (χ3v) is 5.10. The maximum atomic E-state index is 10.6. The first-order valence-corrected chi connectivity index (χ1v) is 6.94. The average Bonchev–Trinajstić information content (AvgIpc) is 2.90. The molecule has 2 bridgehead atoms. The maximum absolute atomic E-state index is 10.6. The second-order valence-corrected chi connectivity index (χ2v) is 6.10. The second kappa shape index (κ2) is 3.60. The van der Waals surface area contributed by atoms with Crippen LogP contribution < -0.4 is 0 Å². The topological polar surface area (TPSA) is 20.2 Å². The molecule has 0 aromatic carbocycles. The van der Waals surface area contributed by atoms with Crippen LogP contribution in [0.1, 0.15) is 37.7 Å². The van der Waals surface area contributed by atoms with Crippen molar-refractivity contribution >= 4 is 11.3 Å². The van der Waals surface area contributed by atoms with E-state index in [4.69, 9.17) is 0 Å². The predicted octanol–water partition coefficient (Wildman–Crippen LogP) is 3.23. The van der Waals surface area contributed by atoms with E-state index >= 15 is 0 Å². The van der Waals surface area contributed by atoms with Crippen LogP contribution in [0.4, 0.5) is 0 Å². The van der Waals surface area contributed by atoms with E-state index in [0.717, 1.165) is 25.2 Å². The molecular formula is C13H18OS. The van der Waals surface area contributed by atoms with E-state index in [9.17, 15) is 5.11 Å². The molecule has 3 unspecified atom stereocenters. The van der Waals surface area contributed by atoms with Crippen molar-refractivity contribution < 1.29 is 5.11 Å². The molecule has 15 heavy (non-hydrogen) atoms. The Morgan fingerprint density at radius 3 is 3.00 bits per heavy atom. The van der Waals surface area contributed by atoms with Crippen molar-refractivity contribution in [1.29, 1.82) is 0 Å². The standard InChI is InChI=1S/C13H18OS/c14-13(5-3-10-4-6-15-9-10)8-11-1-2-12(13)7-11/h4,6,9,11-12,14H,1-3,5,7-8H2. The van der Waals surface area contributed by atoms with Gasteiger partial charge in [-0.25, -0.2) is 0 Å². The molecule has 3 atom stereocenters. The first-order chi connectivity index (χ1) is 7.26. The highest BCUT2D eigenvalue weighted by Gasteiger charge is 2.49. The van der Waals surface area contributed by atoms with Gasteiger partial charge in [0, 0.05) is 0 Å². The van der Waals surface area contributed by atoms with E-state index in [2.05, 4.69) is 16.8 Å². The van der Waals surface area contributed by atoms with Gasteiger partial charge in [-0.05, 0) is 72.8 Å². The number of thiophene rings is 1. The minimum atomic E-state index is -0.315. The van der Waals surface area contributed by atoms with Gasteiger partial charge in [0.25, 0.3) is 0 Å². The van der Waals surface area contributed by atoms with E-state index in [-0.39, 0.29) is 5.60 Å². The highest BCUT2D eigenvalue weighted by Crippen LogP contribution is 2.52. The molecule has 2 saturated carbocycles. The third-order valence-electron chi connectivity index (χ3n) is 4.37. The van der Waals surface area contributed by atoms with Crippen molar-refractivity contribution in [3.05, 3.63) is 22.4 Å². The van der Waals surface area contributed by atoms with Crippen LogP contribution >= 0.6 is 11.3 Å². The van der Waals surface area contributed by atoms with Gasteiger partial charge in [0.15, 0.2) is 0 Å². The van der Waals surface area contributed by atoms with Crippen LogP contribution in [-0.4, -0.2) is 10.7 Å². The summed E-state index contributed by atoms with van der Waals surface area (Å²) in [4.78, 5) is 0. The zero-order chi connectivity index (χ0) is 10.3. The molecule has 2 aliphatic rings. The van der Waals surface area contributed by atoms with Gasteiger partial charge in [-0.2, -0.15) is 11.3 Å². The third kappa shape index (κ3) is 1.74. The van der Waals surface area contributed by atoms with Gasteiger partial charge < -0.3 is 5.11 Å². The van der Waals surface area contributed by atoms with Crippen LogP contribution in [0.3, 0.4) is 0 Å². The van der Waals surface area contributed by atoms with E-state index in [1.807, 2.05) is 0 Å². The molecule has 0 saturated heterocycles. The Labute approximate surface area is 95.1 Å². The van der Waals surface area contributed by atoms with Crippen molar-refractivity contribution in [3.8, 4) is 0 Å². The van der Waals surface area contributed by atoms with Gasteiger partial charge >= 0.3 is 0 Å². The molecule has 82 valence electrons. The minimum Gasteiger partial charge on any atom is -0.390 e. The van der Waals surface area contributed by atoms with Crippen molar-refractivity contribution in [2.24, 2.45) is 11.8 Å².